The molecule has 1 amide bonds. The molecule has 24 heavy (non-hydrogen) atoms. The van der Waals surface area contributed by atoms with Crippen LogP contribution in [0.25, 0.3) is 0 Å². The average molecular weight is 350 g/mol. The lowest BCUT2D eigenvalue weighted by atomic mass is 10.1. The third-order valence-corrected chi connectivity index (χ3v) is 3.71. The molecule has 2 rings (SSSR count). The van der Waals surface area contributed by atoms with Crippen molar-refractivity contribution in [3.05, 3.63) is 48.0 Å². The van der Waals surface area contributed by atoms with E-state index in [1.165, 1.54) is 26.4 Å². The molecule has 0 aliphatic rings. The van der Waals surface area contributed by atoms with E-state index in [0.717, 1.165) is 6.26 Å². The number of ether oxygens (including phenoxy) is 2. The van der Waals surface area contributed by atoms with Gasteiger partial charge in [-0.25, -0.2) is 8.42 Å². The first-order valence-corrected chi connectivity index (χ1v) is 8.83. The zero-order valence-electron chi connectivity index (χ0n) is 13.5. The molecule has 0 atom stereocenters. The van der Waals surface area contributed by atoms with Crippen molar-refractivity contribution in [3.8, 4) is 11.5 Å². The number of carbonyl (C=O) groups excluding carboxylic acids is 1. The number of carbonyl (C=O) groups is 1. The number of amides is 1. The van der Waals surface area contributed by atoms with Crippen LogP contribution in [-0.2, 0) is 10.0 Å². The van der Waals surface area contributed by atoms with Crippen molar-refractivity contribution < 1.29 is 22.7 Å². The number of sulfonamides is 1. The first-order chi connectivity index (χ1) is 11.3. The van der Waals surface area contributed by atoms with Crippen molar-refractivity contribution >= 4 is 27.3 Å². The smallest absolute Gasteiger partial charge is 0.257 e. The highest BCUT2D eigenvalue weighted by molar-refractivity contribution is 7.92. The minimum Gasteiger partial charge on any atom is -0.497 e. The van der Waals surface area contributed by atoms with Crippen molar-refractivity contribution in [2.24, 2.45) is 0 Å². The van der Waals surface area contributed by atoms with E-state index < -0.39 is 15.9 Å². The first-order valence-electron chi connectivity index (χ1n) is 6.94. The summed E-state index contributed by atoms with van der Waals surface area (Å²) in [5, 5.41) is 2.70. The lowest BCUT2D eigenvalue weighted by molar-refractivity contribution is 0.102. The van der Waals surface area contributed by atoms with Gasteiger partial charge in [0.1, 0.15) is 11.5 Å². The molecule has 128 valence electrons. The van der Waals surface area contributed by atoms with Crippen LogP contribution in [0.3, 0.4) is 0 Å². The Morgan fingerprint density at radius 1 is 1.00 bits per heavy atom. The third-order valence-electron chi connectivity index (χ3n) is 3.12. The Hall–Kier alpha value is -2.74. The molecule has 0 spiro atoms. The molecule has 2 aromatic carbocycles. The van der Waals surface area contributed by atoms with Gasteiger partial charge in [-0.1, -0.05) is 12.1 Å². The summed E-state index contributed by atoms with van der Waals surface area (Å²) < 4.78 is 35.5. The van der Waals surface area contributed by atoms with Gasteiger partial charge in [-0.15, -0.1) is 0 Å². The standard InChI is InChI=1S/C16H18N2O5S/c1-22-11-8-9-15(23-2)14(10-11)17-16(19)12-6-4-5-7-13(12)18-24(3,20)21/h4-10,18H,1-3H3,(H,17,19). The molecule has 0 unspecified atom stereocenters. The van der Waals surface area contributed by atoms with Crippen molar-refractivity contribution in [1.29, 1.82) is 0 Å². The molecular formula is C16H18N2O5S. The number of benzene rings is 2. The van der Waals surface area contributed by atoms with E-state index in [9.17, 15) is 13.2 Å². The van der Waals surface area contributed by atoms with Gasteiger partial charge in [-0.3, -0.25) is 9.52 Å². The quantitative estimate of drug-likeness (QED) is 0.834. The van der Waals surface area contributed by atoms with Gasteiger partial charge in [0.25, 0.3) is 5.91 Å². The van der Waals surface area contributed by atoms with E-state index in [1.807, 2.05) is 0 Å². The SMILES string of the molecule is COc1ccc(OC)c(NC(=O)c2ccccc2NS(C)(=O)=O)c1. The van der Waals surface area contributed by atoms with E-state index in [0.29, 0.717) is 17.2 Å². The number of para-hydroxylation sites is 1. The fraction of sp³-hybridized carbons (Fsp3) is 0.188. The minimum absolute atomic E-state index is 0.188. The van der Waals surface area contributed by atoms with Gasteiger partial charge < -0.3 is 14.8 Å². The highest BCUT2D eigenvalue weighted by Crippen LogP contribution is 2.30. The Labute approximate surface area is 140 Å². The molecule has 2 aromatic rings. The van der Waals surface area contributed by atoms with Crippen LogP contribution in [-0.4, -0.2) is 34.8 Å². The molecule has 0 aliphatic carbocycles. The molecule has 0 radical (unpaired) electrons. The summed E-state index contributed by atoms with van der Waals surface area (Å²) >= 11 is 0. The molecule has 0 aliphatic heterocycles. The molecule has 0 saturated heterocycles. The van der Waals surface area contributed by atoms with Gasteiger partial charge in [0.15, 0.2) is 0 Å². The number of nitrogens with one attached hydrogen (secondary N) is 2. The summed E-state index contributed by atoms with van der Waals surface area (Å²) in [6.07, 6.45) is 1.02. The van der Waals surface area contributed by atoms with Crippen LogP contribution < -0.4 is 19.5 Å². The molecule has 0 saturated carbocycles. The van der Waals surface area contributed by atoms with Crippen LogP contribution >= 0.6 is 0 Å². The summed E-state index contributed by atoms with van der Waals surface area (Å²) in [7, 11) is -0.509. The average Bonchev–Trinajstić information content (AvgIpc) is 2.53. The van der Waals surface area contributed by atoms with E-state index in [4.69, 9.17) is 9.47 Å². The van der Waals surface area contributed by atoms with E-state index in [2.05, 4.69) is 10.0 Å². The van der Waals surface area contributed by atoms with Crippen molar-refractivity contribution in [1.82, 2.24) is 0 Å². The highest BCUT2D eigenvalue weighted by Gasteiger charge is 2.16. The van der Waals surface area contributed by atoms with Crippen molar-refractivity contribution in [3.63, 3.8) is 0 Å². The van der Waals surface area contributed by atoms with Crippen LogP contribution in [0.5, 0.6) is 11.5 Å². The van der Waals surface area contributed by atoms with E-state index >= 15 is 0 Å². The molecule has 0 aromatic heterocycles. The zero-order valence-corrected chi connectivity index (χ0v) is 14.3. The van der Waals surface area contributed by atoms with Gasteiger partial charge in [0.05, 0.1) is 37.4 Å². The normalized spacial score (nSPS) is 10.8. The van der Waals surface area contributed by atoms with Gasteiger partial charge in [0, 0.05) is 6.07 Å². The molecule has 0 bridgehead atoms. The van der Waals surface area contributed by atoms with Crippen LogP contribution in [0, 0.1) is 0 Å². The number of rotatable bonds is 6. The maximum Gasteiger partial charge on any atom is 0.257 e. The third kappa shape index (κ3) is 4.39. The predicted octanol–water partition coefficient (Wildman–Crippen LogP) is 2.33. The molecular weight excluding hydrogens is 332 g/mol. The Bertz CT molecular complexity index is 849. The maximum absolute atomic E-state index is 12.5. The van der Waals surface area contributed by atoms with E-state index in [-0.39, 0.29) is 11.3 Å². The number of anilines is 2. The maximum atomic E-state index is 12.5. The van der Waals surface area contributed by atoms with Crippen LogP contribution in [0.15, 0.2) is 42.5 Å². The van der Waals surface area contributed by atoms with Gasteiger partial charge in [0.2, 0.25) is 10.0 Å². The summed E-state index contributed by atoms with van der Waals surface area (Å²) in [4.78, 5) is 12.5. The molecule has 0 heterocycles. The van der Waals surface area contributed by atoms with Crippen molar-refractivity contribution in [2.75, 3.05) is 30.5 Å². The second kappa shape index (κ2) is 7.22. The highest BCUT2D eigenvalue weighted by atomic mass is 32.2. The monoisotopic (exact) mass is 350 g/mol. The van der Waals surface area contributed by atoms with Crippen molar-refractivity contribution in [2.45, 2.75) is 0 Å². The first kappa shape index (κ1) is 17.6. The van der Waals surface area contributed by atoms with Gasteiger partial charge >= 0.3 is 0 Å². The Morgan fingerprint density at radius 3 is 2.33 bits per heavy atom. The second-order valence-electron chi connectivity index (χ2n) is 4.94. The van der Waals surface area contributed by atoms with Crippen LogP contribution in [0.4, 0.5) is 11.4 Å². The predicted molar refractivity (Wildman–Crippen MR) is 92.4 cm³/mol. The lowest BCUT2D eigenvalue weighted by Crippen LogP contribution is -2.17. The summed E-state index contributed by atoms with van der Waals surface area (Å²) in [6.45, 7) is 0. The fourth-order valence-corrected chi connectivity index (χ4v) is 2.65. The summed E-state index contributed by atoms with van der Waals surface area (Å²) in [5.41, 5.74) is 0.795. The molecule has 7 nitrogen and oxygen atoms in total. The topological polar surface area (TPSA) is 93.7 Å². The summed E-state index contributed by atoms with van der Waals surface area (Å²) in [5.74, 6) is 0.527. The second-order valence-corrected chi connectivity index (χ2v) is 6.69. The molecule has 8 heteroatoms. The number of hydrogen-bond donors (Lipinski definition) is 2. The largest absolute Gasteiger partial charge is 0.497 e. The Kier molecular flexibility index (Phi) is 5.30. The lowest BCUT2D eigenvalue weighted by Gasteiger charge is -2.14. The number of methoxy groups -OCH3 is 2. The summed E-state index contributed by atoms with van der Waals surface area (Å²) in [6, 6.07) is 11.3. The zero-order chi connectivity index (χ0) is 17.7. The van der Waals surface area contributed by atoms with E-state index in [1.54, 1.807) is 30.3 Å². The van der Waals surface area contributed by atoms with Gasteiger partial charge in [-0.05, 0) is 24.3 Å². The van der Waals surface area contributed by atoms with Gasteiger partial charge in [-0.2, -0.15) is 0 Å². The van der Waals surface area contributed by atoms with Crippen LogP contribution in [0.1, 0.15) is 10.4 Å². The number of hydrogen-bond acceptors (Lipinski definition) is 5. The Balaban J connectivity index is 2.34. The Morgan fingerprint density at radius 2 is 1.71 bits per heavy atom. The molecule has 0 fully saturated rings. The van der Waals surface area contributed by atoms with Crippen LogP contribution in [0.2, 0.25) is 0 Å². The molecule has 2 N–H and O–H groups in total. The fourth-order valence-electron chi connectivity index (χ4n) is 2.07. The minimum atomic E-state index is -3.50.